The number of carbonyl (C=O) groups excluding carboxylic acids is 1. The zero-order valence-electron chi connectivity index (χ0n) is 15.4. The first-order valence-corrected chi connectivity index (χ1v) is 11.4. The number of anilines is 2. The summed E-state index contributed by atoms with van der Waals surface area (Å²) >= 11 is 1.14. The maximum atomic E-state index is 12.5. The first-order chi connectivity index (χ1) is 14.0. The fraction of sp³-hybridized carbons (Fsp3) is 0.0952. The standard InChI is InChI=1S/C21H19N3O3S2/c25-20(12-11-15-14-22-17-7-2-1-6-16(15)17)23-18-8-3-4-9-19(18)24-29(26,27)21-10-5-13-28-21/h1-10,13-14,22,24H,11-12H2,(H,23,25). The number of amides is 1. The predicted octanol–water partition coefficient (Wildman–Crippen LogP) is 4.60. The highest BCUT2D eigenvalue weighted by Gasteiger charge is 2.17. The molecule has 0 spiro atoms. The Bertz CT molecular complexity index is 1250. The van der Waals surface area contributed by atoms with Crippen LogP contribution < -0.4 is 10.0 Å². The van der Waals surface area contributed by atoms with E-state index in [4.69, 9.17) is 0 Å². The van der Waals surface area contributed by atoms with E-state index in [1.807, 2.05) is 30.5 Å². The van der Waals surface area contributed by atoms with Crippen LogP contribution in [-0.2, 0) is 21.2 Å². The van der Waals surface area contributed by atoms with Gasteiger partial charge in [0, 0.05) is 23.5 Å². The summed E-state index contributed by atoms with van der Waals surface area (Å²) in [4.78, 5) is 15.7. The molecule has 2 aromatic heterocycles. The third-order valence-corrected chi connectivity index (χ3v) is 7.26. The number of fused-ring (bicyclic) bond motifs is 1. The molecule has 0 atom stereocenters. The number of hydrogen-bond acceptors (Lipinski definition) is 4. The number of carbonyl (C=O) groups is 1. The molecule has 148 valence electrons. The Morgan fingerprint density at radius 3 is 2.52 bits per heavy atom. The summed E-state index contributed by atoms with van der Waals surface area (Å²) in [5.41, 5.74) is 2.87. The fourth-order valence-corrected chi connectivity index (χ4v) is 5.16. The maximum Gasteiger partial charge on any atom is 0.271 e. The van der Waals surface area contributed by atoms with Crippen molar-refractivity contribution in [1.82, 2.24) is 4.98 Å². The highest BCUT2D eigenvalue weighted by atomic mass is 32.2. The van der Waals surface area contributed by atoms with Crippen molar-refractivity contribution in [2.75, 3.05) is 10.0 Å². The van der Waals surface area contributed by atoms with Crippen molar-refractivity contribution >= 4 is 49.5 Å². The molecule has 1 amide bonds. The van der Waals surface area contributed by atoms with Gasteiger partial charge in [0.1, 0.15) is 4.21 Å². The van der Waals surface area contributed by atoms with Crippen LogP contribution in [0.5, 0.6) is 0 Å². The zero-order valence-corrected chi connectivity index (χ0v) is 17.0. The number of aryl methyl sites for hydroxylation is 1. The van der Waals surface area contributed by atoms with Crippen molar-refractivity contribution in [3.8, 4) is 0 Å². The van der Waals surface area contributed by atoms with Crippen molar-refractivity contribution in [3.05, 3.63) is 77.8 Å². The van der Waals surface area contributed by atoms with Gasteiger partial charge < -0.3 is 10.3 Å². The number of sulfonamides is 1. The van der Waals surface area contributed by atoms with E-state index in [9.17, 15) is 13.2 Å². The molecule has 0 bridgehead atoms. The number of benzene rings is 2. The van der Waals surface area contributed by atoms with E-state index < -0.39 is 10.0 Å². The molecule has 0 saturated carbocycles. The van der Waals surface area contributed by atoms with E-state index in [2.05, 4.69) is 15.0 Å². The van der Waals surface area contributed by atoms with Gasteiger partial charge in [0.05, 0.1) is 11.4 Å². The molecule has 4 rings (SSSR count). The van der Waals surface area contributed by atoms with Crippen LogP contribution >= 0.6 is 11.3 Å². The summed E-state index contributed by atoms with van der Waals surface area (Å²) in [6.45, 7) is 0. The molecule has 3 N–H and O–H groups in total. The monoisotopic (exact) mass is 425 g/mol. The van der Waals surface area contributed by atoms with Gasteiger partial charge in [-0.15, -0.1) is 11.3 Å². The summed E-state index contributed by atoms with van der Waals surface area (Å²) in [5.74, 6) is -0.182. The van der Waals surface area contributed by atoms with Crippen molar-refractivity contribution in [1.29, 1.82) is 0 Å². The summed E-state index contributed by atoms with van der Waals surface area (Å²) in [6.07, 6.45) is 2.79. The molecule has 0 saturated heterocycles. The van der Waals surface area contributed by atoms with E-state index in [0.29, 0.717) is 17.8 Å². The number of aromatic amines is 1. The van der Waals surface area contributed by atoms with Gasteiger partial charge in [-0.1, -0.05) is 36.4 Å². The van der Waals surface area contributed by atoms with Crippen LogP contribution in [0, 0.1) is 0 Å². The summed E-state index contributed by atoms with van der Waals surface area (Å²) in [6, 6.07) is 17.9. The minimum atomic E-state index is -3.69. The van der Waals surface area contributed by atoms with Gasteiger partial charge in [-0.25, -0.2) is 8.42 Å². The lowest BCUT2D eigenvalue weighted by atomic mass is 10.1. The van der Waals surface area contributed by atoms with Crippen molar-refractivity contribution < 1.29 is 13.2 Å². The number of aromatic nitrogens is 1. The fourth-order valence-electron chi connectivity index (χ4n) is 3.09. The number of thiophene rings is 1. The Hall–Kier alpha value is -3.10. The SMILES string of the molecule is O=C(CCc1c[nH]c2ccccc12)Nc1ccccc1NS(=O)(=O)c1cccs1. The molecule has 29 heavy (non-hydrogen) atoms. The highest BCUT2D eigenvalue weighted by molar-refractivity contribution is 7.94. The smallest absolute Gasteiger partial charge is 0.271 e. The van der Waals surface area contributed by atoms with Crippen LogP contribution in [0.3, 0.4) is 0 Å². The molecule has 4 aromatic rings. The second kappa shape index (κ2) is 8.10. The number of hydrogen-bond donors (Lipinski definition) is 3. The Labute approximate surface area is 172 Å². The zero-order chi connectivity index (χ0) is 20.3. The first-order valence-electron chi connectivity index (χ1n) is 9.03. The van der Waals surface area contributed by atoms with E-state index in [-0.39, 0.29) is 16.5 Å². The molecular formula is C21H19N3O3S2. The van der Waals surface area contributed by atoms with Crippen LogP contribution in [0.15, 0.2) is 76.4 Å². The lowest BCUT2D eigenvalue weighted by Gasteiger charge is -2.13. The van der Waals surface area contributed by atoms with Gasteiger partial charge in [-0.3, -0.25) is 9.52 Å². The second-order valence-electron chi connectivity index (χ2n) is 6.49. The lowest BCUT2D eigenvalue weighted by Crippen LogP contribution is -2.16. The molecule has 0 radical (unpaired) electrons. The normalized spacial score (nSPS) is 11.4. The van der Waals surface area contributed by atoms with Gasteiger partial charge in [-0.2, -0.15) is 0 Å². The average molecular weight is 426 g/mol. The van der Waals surface area contributed by atoms with Gasteiger partial charge in [-0.05, 0) is 41.6 Å². The van der Waals surface area contributed by atoms with Crippen LogP contribution in [0.4, 0.5) is 11.4 Å². The summed E-state index contributed by atoms with van der Waals surface area (Å²) < 4.78 is 27.8. The van der Waals surface area contributed by atoms with Crippen molar-refractivity contribution in [3.63, 3.8) is 0 Å². The van der Waals surface area contributed by atoms with Crippen LogP contribution in [0.25, 0.3) is 10.9 Å². The van der Waals surface area contributed by atoms with Gasteiger partial charge >= 0.3 is 0 Å². The largest absolute Gasteiger partial charge is 0.361 e. The maximum absolute atomic E-state index is 12.5. The molecule has 0 fully saturated rings. The Balaban J connectivity index is 1.45. The summed E-state index contributed by atoms with van der Waals surface area (Å²) in [5, 5.41) is 5.62. The van der Waals surface area contributed by atoms with Crippen LogP contribution in [-0.4, -0.2) is 19.3 Å². The molecule has 2 aromatic carbocycles. The van der Waals surface area contributed by atoms with E-state index in [1.54, 1.807) is 35.7 Å². The van der Waals surface area contributed by atoms with E-state index in [0.717, 1.165) is 27.8 Å². The molecule has 0 aliphatic rings. The molecule has 0 unspecified atom stereocenters. The average Bonchev–Trinajstić information content (AvgIpc) is 3.38. The third-order valence-electron chi connectivity index (χ3n) is 4.50. The third kappa shape index (κ3) is 4.33. The molecule has 6 nitrogen and oxygen atoms in total. The van der Waals surface area contributed by atoms with Gasteiger partial charge in [0.2, 0.25) is 5.91 Å². The topological polar surface area (TPSA) is 91.1 Å². The van der Waals surface area contributed by atoms with Crippen LogP contribution in [0.1, 0.15) is 12.0 Å². The van der Waals surface area contributed by atoms with E-state index >= 15 is 0 Å². The first kappa shape index (κ1) is 19.2. The molecule has 0 aliphatic heterocycles. The molecular weight excluding hydrogens is 406 g/mol. The highest BCUT2D eigenvalue weighted by Crippen LogP contribution is 2.26. The van der Waals surface area contributed by atoms with Gasteiger partial charge in [0.25, 0.3) is 10.0 Å². The number of nitrogens with one attached hydrogen (secondary N) is 3. The predicted molar refractivity (Wildman–Crippen MR) is 117 cm³/mol. The number of para-hydroxylation sites is 3. The van der Waals surface area contributed by atoms with E-state index in [1.165, 1.54) is 6.07 Å². The number of rotatable bonds is 7. The molecule has 8 heteroatoms. The van der Waals surface area contributed by atoms with Gasteiger partial charge in [0.15, 0.2) is 0 Å². The minimum Gasteiger partial charge on any atom is -0.361 e. The number of H-pyrrole nitrogens is 1. The Morgan fingerprint density at radius 1 is 0.966 bits per heavy atom. The van der Waals surface area contributed by atoms with Crippen molar-refractivity contribution in [2.24, 2.45) is 0 Å². The second-order valence-corrected chi connectivity index (χ2v) is 9.35. The molecule has 2 heterocycles. The summed E-state index contributed by atoms with van der Waals surface area (Å²) in [7, 11) is -3.69. The Morgan fingerprint density at radius 2 is 1.72 bits per heavy atom. The minimum absolute atomic E-state index is 0.182. The molecule has 0 aliphatic carbocycles. The quantitative estimate of drug-likeness (QED) is 0.404. The van der Waals surface area contributed by atoms with Crippen molar-refractivity contribution in [2.45, 2.75) is 17.1 Å². The Kier molecular flexibility index (Phi) is 5.37. The van der Waals surface area contributed by atoms with Crippen LogP contribution in [0.2, 0.25) is 0 Å². The lowest BCUT2D eigenvalue weighted by molar-refractivity contribution is -0.116.